The number of hydrogen-bond donors (Lipinski definition) is 2. The van der Waals surface area contributed by atoms with Crippen LogP contribution in [0.4, 0.5) is 8.78 Å². The topological polar surface area (TPSA) is 41.5 Å². The Kier molecular flexibility index (Phi) is 9.50. The molecule has 26 heavy (non-hydrogen) atoms. The van der Waals surface area contributed by atoms with Crippen molar-refractivity contribution in [1.29, 1.82) is 0 Å². The molecule has 2 atom stereocenters. The van der Waals surface area contributed by atoms with Crippen molar-refractivity contribution in [2.45, 2.75) is 32.4 Å². The summed E-state index contributed by atoms with van der Waals surface area (Å²) in [4.78, 5) is 0. The molecule has 2 aromatic rings. The highest BCUT2D eigenvalue weighted by Crippen LogP contribution is 2.26. The van der Waals surface area contributed by atoms with Crippen LogP contribution in [-0.2, 0) is 6.42 Å². The van der Waals surface area contributed by atoms with Gasteiger partial charge in [-0.25, -0.2) is 8.78 Å². The van der Waals surface area contributed by atoms with Crippen molar-refractivity contribution in [3.63, 3.8) is 0 Å². The summed E-state index contributed by atoms with van der Waals surface area (Å²) in [5.74, 6) is -2.10. The number of nitrogens with one attached hydrogen (secondary N) is 1. The lowest BCUT2D eigenvalue weighted by atomic mass is 10.0. The van der Waals surface area contributed by atoms with E-state index in [2.05, 4.69) is 40.3 Å². The Morgan fingerprint density at radius 2 is 1.73 bits per heavy atom. The molecule has 0 aliphatic carbocycles. The largest absolute Gasteiger partial charge is 0.485 e. The van der Waals surface area contributed by atoms with Crippen molar-refractivity contribution in [3.05, 3.63) is 63.6 Å². The molecule has 0 aromatic heterocycles. The zero-order valence-electron chi connectivity index (χ0n) is 14.6. The maximum absolute atomic E-state index is 13.7. The number of rotatable bonds is 8. The highest BCUT2D eigenvalue weighted by atomic mass is 79.9. The van der Waals surface area contributed by atoms with E-state index in [9.17, 15) is 13.9 Å². The molecule has 0 radical (unpaired) electrons. The van der Waals surface area contributed by atoms with Crippen LogP contribution < -0.4 is 10.1 Å². The van der Waals surface area contributed by atoms with Gasteiger partial charge in [0.2, 0.25) is 0 Å². The van der Waals surface area contributed by atoms with Gasteiger partial charge in [0.05, 0.1) is 0 Å². The minimum atomic E-state index is -0.889. The molecule has 0 saturated carbocycles. The number of aliphatic hydroxyl groups is 1. The lowest BCUT2D eigenvalue weighted by Crippen LogP contribution is -2.33. The zero-order chi connectivity index (χ0) is 18.4. The number of hydrogen-bond acceptors (Lipinski definition) is 3. The Hall–Kier alpha value is -1.21. The molecule has 3 nitrogen and oxygen atoms in total. The van der Waals surface area contributed by atoms with Gasteiger partial charge in [-0.2, -0.15) is 0 Å². The van der Waals surface area contributed by atoms with E-state index >= 15 is 0 Å². The van der Waals surface area contributed by atoms with Gasteiger partial charge in [-0.05, 0) is 36.6 Å². The molecule has 2 aromatic carbocycles. The van der Waals surface area contributed by atoms with E-state index in [0.29, 0.717) is 4.47 Å². The summed E-state index contributed by atoms with van der Waals surface area (Å²) in [6, 6.07) is 10.5. The molecule has 2 unspecified atom stereocenters. The molecule has 0 amide bonds. The molecule has 0 bridgehead atoms. The van der Waals surface area contributed by atoms with Crippen LogP contribution >= 0.6 is 28.3 Å². The lowest BCUT2D eigenvalue weighted by Gasteiger charge is -2.18. The van der Waals surface area contributed by atoms with Crippen molar-refractivity contribution < 1.29 is 18.6 Å². The van der Waals surface area contributed by atoms with Crippen LogP contribution in [0.2, 0.25) is 0 Å². The molecule has 0 spiro atoms. The predicted molar refractivity (Wildman–Crippen MR) is 105 cm³/mol. The number of aryl methyl sites for hydroxylation is 1. The summed E-state index contributed by atoms with van der Waals surface area (Å²) in [7, 11) is 0. The van der Waals surface area contributed by atoms with Crippen LogP contribution in [0.1, 0.15) is 31.0 Å². The van der Waals surface area contributed by atoms with Crippen LogP contribution in [0.25, 0.3) is 0 Å². The highest BCUT2D eigenvalue weighted by molar-refractivity contribution is 9.10. The van der Waals surface area contributed by atoms with E-state index in [1.54, 1.807) is 0 Å². The van der Waals surface area contributed by atoms with Crippen LogP contribution in [0, 0.1) is 11.6 Å². The van der Waals surface area contributed by atoms with Crippen molar-refractivity contribution in [2.24, 2.45) is 0 Å². The van der Waals surface area contributed by atoms with E-state index in [1.165, 1.54) is 5.56 Å². The summed E-state index contributed by atoms with van der Waals surface area (Å²) < 4.78 is 32.7. The van der Waals surface area contributed by atoms with E-state index in [0.717, 1.165) is 24.1 Å². The Morgan fingerprint density at radius 3 is 2.27 bits per heavy atom. The van der Waals surface area contributed by atoms with Gasteiger partial charge in [0.15, 0.2) is 17.4 Å². The van der Waals surface area contributed by atoms with E-state index in [4.69, 9.17) is 4.74 Å². The summed E-state index contributed by atoms with van der Waals surface area (Å²) in [6.07, 6.45) is 0.0984. The Bertz CT molecular complexity index is 677. The minimum absolute atomic E-state index is 0. The van der Waals surface area contributed by atoms with Crippen molar-refractivity contribution in [1.82, 2.24) is 5.32 Å². The van der Waals surface area contributed by atoms with Gasteiger partial charge in [-0.15, -0.1) is 12.4 Å². The second-order valence-corrected chi connectivity index (χ2v) is 6.80. The first-order valence-corrected chi connectivity index (χ1v) is 8.97. The Morgan fingerprint density at radius 1 is 1.15 bits per heavy atom. The maximum Gasteiger partial charge on any atom is 0.190 e. The molecule has 0 aliphatic heterocycles. The second-order valence-electron chi connectivity index (χ2n) is 5.89. The van der Waals surface area contributed by atoms with Crippen LogP contribution in [0.3, 0.4) is 0 Å². The smallest absolute Gasteiger partial charge is 0.190 e. The summed E-state index contributed by atoms with van der Waals surface area (Å²) in [5.41, 5.74) is 2.37. The van der Waals surface area contributed by atoms with Gasteiger partial charge < -0.3 is 15.2 Å². The van der Waals surface area contributed by atoms with Crippen LogP contribution in [0.5, 0.6) is 5.75 Å². The van der Waals surface area contributed by atoms with Crippen molar-refractivity contribution >= 4 is 28.3 Å². The quantitative estimate of drug-likeness (QED) is 0.607. The monoisotopic (exact) mass is 449 g/mol. The van der Waals surface area contributed by atoms with Gasteiger partial charge >= 0.3 is 0 Å². The van der Waals surface area contributed by atoms with Crippen LogP contribution in [0.15, 0.2) is 40.9 Å². The van der Waals surface area contributed by atoms with Crippen LogP contribution in [-0.4, -0.2) is 24.4 Å². The third-order valence-corrected chi connectivity index (χ3v) is 4.39. The molecule has 0 fully saturated rings. The summed E-state index contributed by atoms with van der Waals surface area (Å²) in [6.45, 7) is 4.13. The minimum Gasteiger partial charge on any atom is -0.485 e. The molecule has 2 rings (SSSR count). The zero-order valence-corrected chi connectivity index (χ0v) is 17.0. The van der Waals surface area contributed by atoms with Crippen molar-refractivity contribution in [3.8, 4) is 5.75 Å². The number of aliphatic hydroxyl groups excluding tert-OH is 1. The molecule has 0 saturated heterocycles. The first-order chi connectivity index (χ1) is 11.9. The fraction of sp³-hybridized carbons (Fsp3) is 0.368. The molecule has 7 heteroatoms. The van der Waals surface area contributed by atoms with E-state index < -0.39 is 23.5 Å². The summed E-state index contributed by atoms with van der Waals surface area (Å²) >= 11 is 3.00. The number of halogens is 4. The first-order valence-electron chi connectivity index (χ1n) is 8.18. The average molecular weight is 451 g/mol. The molecule has 2 N–H and O–H groups in total. The fourth-order valence-corrected chi connectivity index (χ4v) is 2.78. The lowest BCUT2D eigenvalue weighted by molar-refractivity contribution is 0.0993. The van der Waals surface area contributed by atoms with Gasteiger partial charge in [0.25, 0.3) is 0 Å². The maximum atomic E-state index is 13.7. The SMILES string of the molecule is CCc1ccc(C(C)NCC(O)COc2c(F)cc(Br)cc2F)cc1.Cl. The third-order valence-electron chi connectivity index (χ3n) is 3.93. The van der Waals surface area contributed by atoms with Gasteiger partial charge in [0, 0.05) is 17.1 Å². The second kappa shape index (κ2) is 10.8. The molecular weight excluding hydrogens is 428 g/mol. The number of ether oxygens (including phenoxy) is 1. The summed E-state index contributed by atoms with van der Waals surface area (Å²) in [5, 5.41) is 13.2. The number of benzene rings is 2. The molecular formula is C19H23BrClF2NO2. The predicted octanol–water partition coefficient (Wildman–Crippen LogP) is 4.80. The highest BCUT2D eigenvalue weighted by Gasteiger charge is 2.15. The van der Waals surface area contributed by atoms with Gasteiger partial charge in [-0.1, -0.05) is 47.1 Å². The van der Waals surface area contributed by atoms with E-state index in [1.807, 2.05) is 19.1 Å². The standard InChI is InChI=1S/C19H22BrF2NO2.ClH/c1-3-13-4-6-14(7-5-13)12(2)23-10-16(24)11-25-19-17(21)8-15(20)9-18(19)22;/h4-9,12,16,23-24H,3,10-11H2,1-2H3;1H. The fourth-order valence-electron chi connectivity index (χ4n) is 2.38. The van der Waals surface area contributed by atoms with E-state index in [-0.39, 0.29) is 31.6 Å². The molecule has 0 aliphatic rings. The van der Waals surface area contributed by atoms with Crippen molar-refractivity contribution in [2.75, 3.05) is 13.2 Å². The normalized spacial score (nSPS) is 13.0. The average Bonchev–Trinajstić information content (AvgIpc) is 2.58. The molecule has 144 valence electrons. The first kappa shape index (κ1) is 22.8. The third kappa shape index (κ3) is 6.50. The Labute approximate surface area is 167 Å². The Balaban J connectivity index is 0.00000338. The van der Waals surface area contributed by atoms with Gasteiger partial charge in [0.1, 0.15) is 12.7 Å². The van der Waals surface area contributed by atoms with Gasteiger partial charge in [-0.3, -0.25) is 0 Å². The molecule has 0 heterocycles.